The summed E-state index contributed by atoms with van der Waals surface area (Å²) in [6, 6.07) is 12.5. The van der Waals surface area contributed by atoms with E-state index in [1.165, 1.54) is 29.6 Å². The minimum atomic E-state index is -3.78. The molecule has 0 spiro atoms. The van der Waals surface area contributed by atoms with Gasteiger partial charge in [-0.3, -0.25) is 9.59 Å². The lowest BCUT2D eigenvalue weighted by Gasteiger charge is -2.20. The number of hydrogen-bond acceptors (Lipinski definition) is 5. The van der Waals surface area contributed by atoms with Gasteiger partial charge >= 0.3 is 5.97 Å². The molecular weight excluding hydrogens is 428 g/mol. The molecule has 0 saturated carbocycles. The van der Waals surface area contributed by atoms with Gasteiger partial charge in [0.2, 0.25) is 10.0 Å². The molecule has 160 valence electrons. The molecule has 1 N–H and O–H groups in total. The van der Waals surface area contributed by atoms with Crippen LogP contribution < -0.4 is 5.32 Å². The Morgan fingerprint density at radius 1 is 1.13 bits per heavy atom. The van der Waals surface area contributed by atoms with E-state index in [1.54, 1.807) is 24.3 Å². The van der Waals surface area contributed by atoms with Crippen molar-refractivity contribution in [1.29, 1.82) is 0 Å². The lowest BCUT2D eigenvalue weighted by atomic mass is 10.0. The molecule has 1 saturated heterocycles. The van der Waals surface area contributed by atoms with Crippen molar-refractivity contribution in [3.05, 3.63) is 64.7 Å². The number of carbonyl (C=O) groups excluding carboxylic acids is 2. The standard InChI is InChI=1S/C21H23ClN2O5S/c1-29-20(25)14-18(15-7-3-2-4-8-15)23-21(26)16-9-10-17(22)19(13-16)30(27,28)24-11-5-6-12-24/h2-4,7-10,13,18H,5-6,11-12,14H2,1H3,(H,23,26). The van der Waals surface area contributed by atoms with Gasteiger partial charge in [0.15, 0.2) is 0 Å². The van der Waals surface area contributed by atoms with Crippen LogP contribution in [0, 0.1) is 0 Å². The van der Waals surface area contributed by atoms with E-state index in [4.69, 9.17) is 16.3 Å². The fourth-order valence-electron chi connectivity index (χ4n) is 3.34. The molecule has 1 unspecified atom stereocenters. The normalized spacial score (nSPS) is 15.5. The van der Waals surface area contributed by atoms with Crippen LogP contribution >= 0.6 is 11.6 Å². The van der Waals surface area contributed by atoms with Gasteiger partial charge < -0.3 is 10.1 Å². The minimum absolute atomic E-state index is 0.0568. The maximum absolute atomic E-state index is 12.9. The van der Waals surface area contributed by atoms with Crippen LogP contribution in [-0.2, 0) is 19.6 Å². The predicted molar refractivity (Wildman–Crippen MR) is 113 cm³/mol. The summed E-state index contributed by atoms with van der Waals surface area (Å²) < 4.78 is 31.9. The number of ether oxygens (including phenoxy) is 1. The van der Waals surface area contributed by atoms with Gasteiger partial charge in [-0.15, -0.1) is 0 Å². The third-order valence-electron chi connectivity index (χ3n) is 4.98. The monoisotopic (exact) mass is 450 g/mol. The highest BCUT2D eigenvalue weighted by molar-refractivity contribution is 7.89. The Labute approximate surface area is 181 Å². The molecule has 0 radical (unpaired) electrons. The molecule has 2 aromatic carbocycles. The van der Waals surface area contributed by atoms with E-state index < -0.39 is 27.9 Å². The molecule has 30 heavy (non-hydrogen) atoms. The van der Waals surface area contributed by atoms with Gasteiger partial charge in [0.05, 0.1) is 24.6 Å². The van der Waals surface area contributed by atoms with Crippen LogP contribution in [0.2, 0.25) is 5.02 Å². The SMILES string of the molecule is COC(=O)CC(NC(=O)c1ccc(Cl)c(S(=O)(=O)N2CCCC2)c1)c1ccccc1. The van der Waals surface area contributed by atoms with Gasteiger partial charge in [-0.2, -0.15) is 4.31 Å². The van der Waals surface area contributed by atoms with E-state index in [9.17, 15) is 18.0 Å². The molecule has 0 bridgehead atoms. The summed E-state index contributed by atoms with van der Waals surface area (Å²) in [7, 11) is -2.50. The highest BCUT2D eigenvalue weighted by Crippen LogP contribution is 2.28. The molecule has 3 rings (SSSR count). The predicted octanol–water partition coefficient (Wildman–Crippen LogP) is 3.16. The van der Waals surface area contributed by atoms with Crippen molar-refractivity contribution in [3.8, 4) is 0 Å². The average Bonchev–Trinajstić information content (AvgIpc) is 3.29. The van der Waals surface area contributed by atoms with Crippen LogP contribution in [0.5, 0.6) is 0 Å². The Hall–Kier alpha value is -2.42. The van der Waals surface area contributed by atoms with E-state index >= 15 is 0 Å². The van der Waals surface area contributed by atoms with E-state index in [1.807, 2.05) is 6.07 Å². The second kappa shape index (κ2) is 9.59. The van der Waals surface area contributed by atoms with Crippen molar-refractivity contribution in [3.63, 3.8) is 0 Å². The van der Waals surface area contributed by atoms with Crippen molar-refractivity contribution in [1.82, 2.24) is 9.62 Å². The van der Waals surface area contributed by atoms with Crippen LogP contribution in [0.1, 0.15) is 41.2 Å². The van der Waals surface area contributed by atoms with Crippen molar-refractivity contribution < 1.29 is 22.7 Å². The Morgan fingerprint density at radius 2 is 1.80 bits per heavy atom. The minimum Gasteiger partial charge on any atom is -0.469 e. The first-order chi connectivity index (χ1) is 14.3. The Bertz CT molecular complexity index is 1020. The van der Waals surface area contributed by atoms with Gasteiger partial charge in [-0.25, -0.2) is 8.42 Å². The van der Waals surface area contributed by atoms with Gasteiger partial charge in [-0.1, -0.05) is 41.9 Å². The van der Waals surface area contributed by atoms with E-state index in [-0.39, 0.29) is 21.9 Å². The number of halogens is 1. The molecule has 1 amide bonds. The number of hydrogen-bond donors (Lipinski definition) is 1. The molecule has 1 aliphatic heterocycles. The quantitative estimate of drug-likeness (QED) is 0.654. The smallest absolute Gasteiger partial charge is 0.307 e. The molecule has 2 aromatic rings. The highest BCUT2D eigenvalue weighted by Gasteiger charge is 2.30. The maximum Gasteiger partial charge on any atom is 0.307 e. The Balaban J connectivity index is 1.87. The number of methoxy groups -OCH3 is 1. The van der Waals surface area contributed by atoms with Gasteiger partial charge in [0.25, 0.3) is 5.91 Å². The molecule has 0 aromatic heterocycles. The Kier molecular flexibility index (Phi) is 7.12. The van der Waals surface area contributed by atoms with Crippen LogP contribution in [0.3, 0.4) is 0 Å². The third kappa shape index (κ3) is 5.00. The summed E-state index contributed by atoms with van der Waals surface area (Å²) in [6.45, 7) is 0.870. The first-order valence-electron chi connectivity index (χ1n) is 9.55. The lowest BCUT2D eigenvalue weighted by molar-refractivity contribution is -0.141. The summed E-state index contributed by atoms with van der Waals surface area (Å²) in [5.41, 5.74) is 0.873. The fraction of sp³-hybridized carbons (Fsp3) is 0.333. The topological polar surface area (TPSA) is 92.8 Å². The molecule has 7 nitrogen and oxygen atoms in total. The molecule has 1 atom stereocenters. The van der Waals surface area contributed by atoms with Gasteiger partial charge in [0, 0.05) is 18.7 Å². The molecule has 1 aliphatic rings. The first kappa shape index (κ1) is 22.3. The Morgan fingerprint density at radius 3 is 2.43 bits per heavy atom. The summed E-state index contributed by atoms with van der Waals surface area (Å²) in [5, 5.41) is 2.85. The van der Waals surface area contributed by atoms with Crippen molar-refractivity contribution in [2.24, 2.45) is 0 Å². The third-order valence-corrected chi connectivity index (χ3v) is 7.36. The van der Waals surface area contributed by atoms with Crippen molar-refractivity contribution in [2.75, 3.05) is 20.2 Å². The number of amides is 1. The van der Waals surface area contributed by atoms with E-state index in [2.05, 4.69) is 5.32 Å². The first-order valence-corrected chi connectivity index (χ1v) is 11.4. The number of nitrogens with zero attached hydrogens (tertiary/aromatic N) is 1. The number of benzene rings is 2. The highest BCUT2D eigenvalue weighted by atomic mass is 35.5. The lowest BCUT2D eigenvalue weighted by Crippen LogP contribution is -2.31. The number of nitrogens with one attached hydrogen (secondary N) is 1. The number of sulfonamides is 1. The largest absolute Gasteiger partial charge is 0.469 e. The van der Waals surface area contributed by atoms with E-state index in [0.717, 1.165) is 18.4 Å². The zero-order chi connectivity index (χ0) is 21.7. The average molecular weight is 451 g/mol. The van der Waals surface area contributed by atoms with Crippen LogP contribution in [0.4, 0.5) is 0 Å². The van der Waals surface area contributed by atoms with Gasteiger partial charge in [0.1, 0.15) is 4.90 Å². The molecule has 1 fully saturated rings. The molecule has 0 aliphatic carbocycles. The van der Waals surface area contributed by atoms with Gasteiger partial charge in [-0.05, 0) is 36.6 Å². The maximum atomic E-state index is 12.9. The summed E-state index contributed by atoms with van der Waals surface area (Å²) >= 11 is 6.15. The second-order valence-corrected chi connectivity index (χ2v) is 9.29. The summed E-state index contributed by atoms with van der Waals surface area (Å²) in [6.07, 6.45) is 1.53. The summed E-state index contributed by atoms with van der Waals surface area (Å²) in [4.78, 5) is 24.6. The number of esters is 1. The number of rotatable bonds is 7. The van der Waals surface area contributed by atoms with Crippen molar-refractivity contribution >= 4 is 33.5 Å². The van der Waals surface area contributed by atoms with Crippen LogP contribution in [-0.4, -0.2) is 44.8 Å². The zero-order valence-electron chi connectivity index (χ0n) is 16.5. The molecule has 9 heteroatoms. The zero-order valence-corrected chi connectivity index (χ0v) is 18.1. The molecule has 1 heterocycles. The summed E-state index contributed by atoms with van der Waals surface area (Å²) in [5.74, 6) is -0.986. The molecular formula is C21H23ClN2O5S. The number of carbonyl (C=O) groups is 2. The second-order valence-electron chi connectivity index (χ2n) is 6.97. The van der Waals surface area contributed by atoms with Crippen LogP contribution in [0.15, 0.2) is 53.4 Å². The van der Waals surface area contributed by atoms with Crippen LogP contribution in [0.25, 0.3) is 0 Å². The van der Waals surface area contributed by atoms with Crippen molar-refractivity contribution in [2.45, 2.75) is 30.2 Å². The van der Waals surface area contributed by atoms with E-state index in [0.29, 0.717) is 13.1 Å². The fourth-order valence-corrected chi connectivity index (χ4v) is 5.36.